The Morgan fingerprint density at radius 1 is 1.21 bits per heavy atom. The smallest absolute Gasteiger partial charge is 0.234 e. The molecular weight excluding hydrogens is 396 g/mol. The maximum Gasteiger partial charge on any atom is 0.234 e. The van der Waals surface area contributed by atoms with E-state index in [1.54, 1.807) is 7.11 Å². The van der Waals surface area contributed by atoms with E-state index in [2.05, 4.69) is 15.5 Å². The van der Waals surface area contributed by atoms with Crippen LogP contribution in [0.3, 0.4) is 0 Å². The highest BCUT2D eigenvalue weighted by atomic mass is 35.5. The lowest BCUT2D eigenvalue weighted by molar-refractivity contribution is -0.113. The molecular formula is C20H21ClN4O2S. The molecule has 0 unspecified atom stereocenters. The minimum absolute atomic E-state index is 0.0927. The number of hydrogen-bond acceptors (Lipinski definition) is 5. The van der Waals surface area contributed by atoms with Gasteiger partial charge in [-0.15, -0.1) is 10.2 Å². The molecule has 0 aliphatic rings. The number of ether oxygens (including phenoxy) is 1. The summed E-state index contributed by atoms with van der Waals surface area (Å²) in [6.07, 6.45) is 0. The summed E-state index contributed by atoms with van der Waals surface area (Å²) in [7, 11) is 1.65. The second-order valence-corrected chi connectivity index (χ2v) is 7.54. The number of thioether (sulfide) groups is 1. The van der Waals surface area contributed by atoms with E-state index in [1.807, 2.05) is 60.0 Å². The highest BCUT2D eigenvalue weighted by molar-refractivity contribution is 7.99. The average Bonchev–Trinajstić information content (AvgIpc) is 3.08. The van der Waals surface area contributed by atoms with Crippen LogP contribution in [0.15, 0.2) is 53.7 Å². The van der Waals surface area contributed by atoms with Gasteiger partial charge in [-0.3, -0.25) is 9.36 Å². The van der Waals surface area contributed by atoms with E-state index in [4.69, 9.17) is 16.3 Å². The summed E-state index contributed by atoms with van der Waals surface area (Å²) in [6, 6.07) is 15.1. The van der Waals surface area contributed by atoms with Crippen LogP contribution in [0.4, 0.5) is 5.69 Å². The van der Waals surface area contributed by atoms with Gasteiger partial charge in [-0.05, 0) is 48.9 Å². The first-order chi connectivity index (χ1) is 13.6. The maximum atomic E-state index is 12.3. The molecule has 1 heterocycles. The maximum absolute atomic E-state index is 12.3. The summed E-state index contributed by atoms with van der Waals surface area (Å²) in [5.41, 5.74) is 2.79. The number of benzene rings is 2. The fraction of sp³-hybridized carbons (Fsp3) is 0.250. The molecule has 0 radical (unpaired) electrons. The number of carbonyl (C=O) groups excluding carboxylic acids is 1. The van der Waals surface area contributed by atoms with Gasteiger partial charge >= 0.3 is 0 Å². The number of rotatable bonds is 8. The number of carbonyl (C=O) groups is 1. The number of hydrogen-bond donors (Lipinski definition) is 1. The zero-order chi connectivity index (χ0) is 19.9. The van der Waals surface area contributed by atoms with Gasteiger partial charge in [-0.2, -0.15) is 0 Å². The van der Waals surface area contributed by atoms with Gasteiger partial charge in [-0.25, -0.2) is 0 Å². The molecule has 0 saturated heterocycles. The summed E-state index contributed by atoms with van der Waals surface area (Å²) in [6.45, 7) is 3.09. The number of halogens is 1. The molecule has 28 heavy (non-hydrogen) atoms. The molecule has 3 rings (SSSR count). The summed E-state index contributed by atoms with van der Waals surface area (Å²) in [5.74, 6) is 0.861. The van der Waals surface area contributed by atoms with E-state index in [1.165, 1.54) is 11.8 Å². The number of amides is 1. The lowest BCUT2D eigenvalue weighted by atomic mass is 10.2. The summed E-state index contributed by atoms with van der Waals surface area (Å²) >= 11 is 7.32. The van der Waals surface area contributed by atoms with Crippen LogP contribution in [0.5, 0.6) is 0 Å². The second-order valence-electron chi connectivity index (χ2n) is 6.16. The second kappa shape index (κ2) is 9.73. The van der Waals surface area contributed by atoms with Gasteiger partial charge in [0.2, 0.25) is 5.91 Å². The molecule has 6 nitrogen and oxygen atoms in total. The summed E-state index contributed by atoms with van der Waals surface area (Å²) < 4.78 is 7.17. The van der Waals surface area contributed by atoms with Gasteiger partial charge in [0, 0.05) is 23.4 Å². The zero-order valence-corrected chi connectivity index (χ0v) is 17.3. The molecule has 0 aliphatic heterocycles. The molecule has 146 valence electrons. The van der Waals surface area contributed by atoms with Crippen molar-refractivity contribution in [2.45, 2.75) is 18.6 Å². The highest BCUT2D eigenvalue weighted by Gasteiger charge is 2.15. The van der Waals surface area contributed by atoms with Crippen molar-refractivity contribution in [1.82, 2.24) is 14.8 Å². The number of aromatic nitrogens is 3. The van der Waals surface area contributed by atoms with Crippen molar-refractivity contribution >= 4 is 35.0 Å². The number of aryl methyl sites for hydroxylation is 1. The van der Waals surface area contributed by atoms with Crippen LogP contribution < -0.4 is 5.32 Å². The van der Waals surface area contributed by atoms with Crippen molar-refractivity contribution in [2.24, 2.45) is 0 Å². The van der Waals surface area contributed by atoms with Crippen molar-refractivity contribution < 1.29 is 9.53 Å². The first-order valence-electron chi connectivity index (χ1n) is 8.74. The first-order valence-corrected chi connectivity index (χ1v) is 10.1. The predicted molar refractivity (Wildman–Crippen MR) is 113 cm³/mol. The third-order valence-electron chi connectivity index (χ3n) is 3.97. The van der Waals surface area contributed by atoms with Gasteiger partial charge in [0.1, 0.15) is 0 Å². The number of nitrogens with zero attached hydrogens (tertiary/aromatic N) is 3. The molecule has 0 fully saturated rings. The Balaban J connectivity index is 1.72. The lowest BCUT2D eigenvalue weighted by Gasteiger charge is -2.10. The minimum atomic E-state index is -0.0927. The molecule has 0 spiro atoms. The zero-order valence-electron chi connectivity index (χ0n) is 15.7. The minimum Gasteiger partial charge on any atom is -0.383 e. The van der Waals surface area contributed by atoms with Crippen LogP contribution in [-0.2, 0) is 16.1 Å². The Morgan fingerprint density at radius 3 is 2.71 bits per heavy atom. The average molecular weight is 417 g/mol. The number of methoxy groups -OCH3 is 1. The van der Waals surface area contributed by atoms with Crippen LogP contribution >= 0.6 is 23.4 Å². The molecule has 1 aromatic heterocycles. The quantitative estimate of drug-likeness (QED) is 0.555. The predicted octanol–water partition coefficient (Wildman–Crippen LogP) is 4.28. The summed E-state index contributed by atoms with van der Waals surface area (Å²) in [4.78, 5) is 12.3. The van der Waals surface area contributed by atoms with Gasteiger partial charge in [0.05, 0.1) is 18.9 Å². The molecule has 2 aromatic carbocycles. The van der Waals surface area contributed by atoms with Gasteiger partial charge in [0.25, 0.3) is 0 Å². The Labute approximate surface area is 173 Å². The fourth-order valence-corrected chi connectivity index (χ4v) is 3.53. The van der Waals surface area contributed by atoms with Crippen LogP contribution in [0.2, 0.25) is 5.02 Å². The van der Waals surface area contributed by atoms with Gasteiger partial charge in [-0.1, -0.05) is 35.5 Å². The monoisotopic (exact) mass is 416 g/mol. The molecule has 0 aliphatic carbocycles. The summed E-state index contributed by atoms with van der Waals surface area (Å²) in [5, 5.41) is 12.8. The van der Waals surface area contributed by atoms with Crippen molar-refractivity contribution in [3.63, 3.8) is 0 Å². The van der Waals surface area contributed by atoms with Crippen molar-refractivity contribution in [1.29, 1.82) is 0 Å². The lowest BCUT2D eigenvalue weighted by Crippen LogP contribution is -2.15. The molecule has 3 aromatic rings. The number of anilines is 1. The first kappa shape index (κ1) is 20.4. The Hall–Kier alpha value is -2.35. The molecule has 0 atom stereocenters. The SMILES string of the molecule is COCCn1c(SCC(=O)Nc2cccc(C)c2)nnc1-c1ccc(Cl)cc1. The molecule has 1 N–H and O–H groups in total. The fourth-order valence-electron chi connectivity index (χ4n) is 2.64. The molecule has 1 amide bonds. The largest absolute Gasteiger partial charge is 0.383 e. The van der Waals surface area contributed by atoms with Crippen LogP contribution in [0.25, 0.3) is 11.4 Å². The van der Waals surface area contributed by atoms with E-state index in [0.29, 0.717) is 23.3 Å². The van der Waals surface area contributed by atoms with E-state index in [-0.39, 0.29) is 11.7 Å². The molecule has 8 heteroatoms. The van der Waals surface area contributed by atoms with E-state index >= 15 is 0 Å². The Morgan fingerprint density at radius 2 is 2.00 bits per heavy atom. The highest BCUT2D eigenvalue weighted by Crippen LogP contribution is 2.25. The Kier molecular flexibility index (Phi) is 7.08. The van der Waals surface area contributed by atoms with Crippen molar-refractivity contribution in [3.8, 4) is 11.4 Å². The van der Waals surface area contributed by atoms with Crippen LogP contribution in [0, 0.1) is 6.92 Å². The van der Waals surface area contributed by atoms with E-state index in [0.717, 1.165) is 22.6 Å². The Bertz CT molecular complexity index is 944. The topological polar surface area (TPSA) is 69.0 Å². The number of nitrogens with one attached hydrogen (secondary N) is 1. The molecule has 0 saturated carbocycles. The normalized spacial score (nSPS) is 10.8. The van der Waals surface area contributed by atoms with Crippen LogP contribution in [-0.4, -0.2) is 40.1 Å². The van der Waals surface area contributed by atoms with Gasteiger partial charge < -0.3 is 10.1 Å². The van der Waals surface area contributed by atoms with Crippen molar-refractivity contribution in [3.05, 3.63) is 59.1 Å². The van der Waals surface area contributed by atoms with E-state index in [9.17, 15) is 4.79 Å². The van der Waals surface area contributed by atoms with Gasteiger partial charge in [0.15, 0.2) is 11.0 Å². The third-order valence-corrected chi connectivity index (χ3v) is 5.19. The van der Waals surface area contributed by atoms with E-state index < -0.39 is 0 Å². The standard InChI is InChI=1S/C20H21ClN4O2S/c1-14-4-3-5-17(12-14)22-18(26)13-28-20-24-23-19(25(20)10-11-27-2)15-6-8-16(21)9-7-15/h3-9,12H,10-11,13H2,1-2H3,(H,22,26). The third kappa shape index (κ3) is 5.34. The molecule has 0 bridgehead atoms. The van der Waals surface area contributed by atoms with Crippen molar-refractivity contribution in [2.75, 3.05) is 24.8 Å². The van der Waals surface area contributed by atoms with Crippen LogP contribution in [0.1, 0.15) is 5.56 Å².